The van der Waals surface area contributed by atoms with Crippen molar-refractivity contribution in [3.63, 3.8) is 0 Å². The maximum atomic E-state index is 5.25. The number of hydrogen-bond donors (Lipinski definition) is 0. The molecule has 11 aromatic rings. The average Bonchev–Trinajstić information content (AvgIpc) is 3.87. The molecule has 51 heavy (non-hydrogen) atoms. The molecule has 238 valence electrons. The summed E-state index contributed by atoms with van der Waals surface area (Å²) in [6.07, 6.45) is 1.87. The topological polar surface area (TPSA) is 56.5 Å². The van der Waals surface area contributed by atoms with Gasteiger partial charge in [-0.1, -0.05) is 97.1 Å². The molecular weight excluding hydrogens is 663 g/mol. The molecule has 5 nitrogen and oxygen atoms in total. The molecule has 5 heterocycles. The molecule has 0 bridgehead atoms. The number of aromatic nitrogens is 5. The quantitative estimate of drug-likeness (QED) is 0.185. The molecule has 0 aliphatic carbocycles. The highest BCUT2D eigenvalue weighted by Crippen LogP contribution is 2.43. The summed E-state index contributed by atoms with van der Waals surface area (Å²) in [5.41, 5.74) is 6.16. The van der Waals surface area contributed by atoms with E-state index in [0.29, 0.717) is 17.5 Å². The Morgan fingerprint density at radius 1 is 0.431 bits per heavy atom. The fraction of sp³-hybridized carbons (Fsp3) is 0. The third-order valence-corrected chi connectivity index (χ3v) is 12.1. The first-order valence-electron chi connectivity index (χ1n) is 16.8. The van der Waals surface area contributed by atoms with Crippen molar-refractivity contribution in [2.24, 2.45) is 0 Å². The van der Waals surface area contributed by atoms with E-state index in [2.05, 4.69) is 126 Å². The van der Waals surface area contributed by atoms with Crippen LogP contribution in [-0.4, -0.2) is 24.5 Å². The normalized spacial score (nSPS) is 11.9. The van der Waals surface area contributed by atoms with Crippen molar-refractivity contribution in [3.8, 4) is 39.9 Å². The Labute approximate surface area is 299 Å². The van der Waals surface area contributed by atoms with Crippen LogP contribution in [-0.2, 0) is 0 Å². The van der Waals surface area contributed by atoms with Gasteiger partial charge in [-0.2, -0.15) is 0 Å². The Kier molecular flexibility index (Phi) is 6.22. The van der Waals surface area contributed by atoms with Crippen LogP contribution in [0.15, 0.2) is 152 Å². The Morgan fingerprint density at radius 3 is 1.82 bits per heavy atom. The molecule has 0 atom stereocenters. The summed E-state index contributed by atoms with van der Waals surface area (Å²) in [5.74, 6) is 2.00. The van der Waals surface area contributed by atoms with Crippen molar-refractivity contribution in [2.45, 2.75) is 0 Å². The lowest BCUT2D eigenvalue weighted by Crippen LogP contribution is -2.00. The van der Waals surface area contributed by atoms with Crippen LogP contribution in [0.25, 0.3) is 102 Å². The van der Waals surface area contributed by atoms with E-state index in [-0.39, 0.29) is 0 Å². The molecule has 0 N–H and O–H groups in total. The SMILES string of the molecule is c1ccc(-c2nc(-c3cccc4c3sc3ccccc34)nc(-c3cccc4c3sc3cc(-n5c6ccccc6c6cccnc65)ccc34)n2)cc1. The summed E-state index contributed by atoms with van der Waals surface area (Å²) in [7, 11) is 0. The molecule has 7 heteroatoms. The average molecular weight is 688 g/mol. The van der Waals surface area contributed by atoms with Crippen molar-refractivity contribution < 1.29 is 0 Å². The summed E-state index contributed by atoms with van der Waals surface area (Å²) in [6.45, 7) is 0. The van der Waals surface area contributed by atoms with E-state index >= 15 is 0 Å². The second-order valence-electron chi connectivity index (χ2n) is 12.6. The highest BCUT2D eigenvalue weighted by molar-refractivity contribution is 7.26. The van der Waals surface area contributed by atoms with Crippen LogP contribution >= 0.6 is 22.7 Å². The van der Waals surface area contributed by atoms with E-state index in [1.54, 1.807) is 22.7 Å². The molecule has 0 unspecified atom stereocenters. The van der Waals surface area contributed by atoms with Gasteiger partial charge in [0.05, 0.1) is 5.52 Å². The van der Waals surface area contributed by atoms with Crippen molar-refractivity contribution in [1.82, 2.24) is 24.5 Å². The minimum absolute atomic E-state index is 0.660. The summed E-state index contributed by atoms with van der Waals surface area (Å²) in [6, 6.07) is 51.1. The van der Waals surface area contributed by atoms with E-state index < -0.39 is 0 Å². The van der Waals surface area contributed by atoms with E-state index in [0.717, 1.165) is 43.6 Å². The minimum atomic E-state index is 0.660. The predicted molar refractivity (Wildman–Crippen MR) is 214 cm³/mol. The molecule has 0 saturated heterocycles. The standard InChI is InChI=1S/C44H25N5S2/c1-2-11-26(12-3-1)41-46-42(34-17-8-15-31-29-14-5-7-21-37(29)50-39(31)34)48-43(47-41)35-18-9-16-32-30-23-22-27(25-38(30)51-40(32)35)49-36-20-6-4-13-28(36)33-19-10-24-45-44(33)49/h1-25H. The molecule has 0 amide bonds. The number of nitrogens with zero attached hydrogens (tertiary/aromatic N) is 5. The second kappa shape index (κ2) is 11.1. The van der Waals surface area contributed by atoms with Gasteiger partial charge < -0.3 is 0 Å². The third-order valence-electron chi connectivity index (χ3n) is 9.73. The molecule has 0 radical (unpaired) electrons. The van der Waals surface area contributed by atoms with Crippen LogP contribution in [0.1, 0.15) is 0 Å². The zero-order valence-corrected chi connectivity index (χ0v) is 28.6. The Hall–Kier alpha value is -6.28. The number of para-hydroxylation sites is 1. The van der Waals surface area contributed by atoms with E-state index in [1.165, 1.54) is 41.0 Å². The fourth-order valence-electron chi connectivity index (χ4n) is 7.42. The van der Waals surface area contributed by atoms with E-state index in [4.69, 9.17) is 19.9 Å². The first-order valence-corrected chi connectivity index (χ1v) is 18.4. The lowest BCUT2D eigenvalue weighted by Gasteiger charge is -2.09. The number of fused-ring (bicyclic) bond motifs is 9. The Morgan fingerprint density at radius 2 is 1.04 bits per heavy atom. The van der Waals surface area contributed by atoms with Gasteiger partial charge in [0.25, 0.3) is 0 Å². The van der Waals surface area contributed by atoms with Crippen LogP contribution in [0, 0.1) is 0 Å². The van der Waals surface area contributed by atoms with Crippen LogP contribution in [0.3, 0.4) is 0 Å². The number of benzene rings is 6. The third kappa shape index (κ3) is 4.39. The van der Waals surface area contributed by atoms with Crippen LogP contribution in [0.5, 0.6) is 0 Å². The van der Waals surface area contributed by atoms with E-state index in [1.807, 2.05) is 30.5 Å². The summed E-state index contributed by atoms with van der Waals surface area (Å²) in [4.78, 5) is 20.3. The van der Waals surface area contributed by atoms with Crippen molar-refractivity contribution in [2.75, 3.05) is 0 Å². The molecule has 0 aliphatic heterocycles. The highest BCUT2D eigenvalue weighted by Gasteiger charge is 2.20. The first kappa shape index (κ1) is 28.5. The summed E-state index contributed by atoms with van der Waals surface area (Å²) < 4.78 is 7.06. The van der Waals surface area contributed by atoms with Gasteiger partial charge in [0.1, 0.15) is 5.65 Å². The smallest absolute Gasteiger partial charge is 0.165 e. The van der Waals surface area contributed by atoms with Crippen LogP contribution in [0.4, 0.5) is 0 Å². The van der Waals surface area contributed by atoms with Gasteiger partial charge in [-0.25, -0.2) is 19.9 Å². The molecule has 11 rings (SSSR count). The number of hydrogen-bond acceptors (Lipinski definition) is 6. The highest BCUT2D eigenvalue weighted by atomic mass is 32.1. The molecule has 5 aromatic heterocycles. The molecule has 0 saturated carbocycles. The molecular formula is C44H25N5S2. The van der Waals surface area contributed by atoms with Gasteiger partial charge >= 0.3 is 0 Å². The monoisotopic (exact) mass is 687 g/mol. The van der Waals surface area contributed by atoms with Crippen LogP contribution in [0.2, 0.25) is 0 Å². The number of pyridine rings is 1. The summed E-state index contributed by atoms with van der Waals surface area (Å²) in [5, 5.41) is 7.22. The zero-order chi connectivity index (χ0) is 33.5. The van der Waals surface area contributed by atoms with Gasteiger partial charge in [-0.15, -0.1) is 22.7 Å². The molecule has 0 spiro atoms. The van der Waals surface area contributed by atoms with Crippen molar-refractivity contribution >= 4 is 85.0 Å². The first-order chi connectivity index (χ1) is 25.3. The minimum Gasteiger partial charge on any atom is -0.294 e. The summed E-state index contributed by atoms with van der Waals surface area (Å²) >= 11 is 3.57. The van der Waals surface area contributed by atoms with Crippen molar-refractivity contribution in [1.29, 1.82) is 0 Å². The lowest BCUT2D eigenvalue weighted by molar-refractivity contribution is 1.08. The van der Waals surface area contributed by atoms with Gasteiger partial charge in [-0.3, -0.25) is 4.57 Å². The maximum Gasteiger partial charge on any atom is 0.165 e. The molecule has 0 fully saturated rings. The second-order valence-corrected chi connectivity index (χ2v) is 14.7. The van der Waals surface area contributed by atoms with Crippen molar-refractivity contribution in [3.05, 3.63) is 152 Å². The Balaban J connectivity index is 1.13. The van der Waals surface area contributed by atoms with Gasteiger partial charge in [0.15, 0.2) is 17.5 Å². The number of thiophene rings is 2. The van der Waals surface area contributed by atoms with Crippen LogP contribution < -0.4 is 0 Å². The van der Waals surface area contributed by atoms with E-state index in [9.17, 15) is 0 Å². The largest absolute Gasteiger partial charge is 0.294 e. The molecule has 0 aliphatic rings. The zero-order valence-electron chi connectivity index (χ0n) is 27.0. The molecule has 6 aromatic carbocycles. The van der Waals surface area contributed by atoms with Gasteiger partial charge in [-0.05, 0) is 48.5 Å². The maximum absolute atomic E-state index is 5.25. The Bertz CT molecular complexity index is 3100. The lowest BCUT2D eigenvalue weighted by atomic mass is 10.1. The van der Waals surface area contributed by atoms with Gasteiger partial charge in [0, 0.05) is 79.7 Å². The van der Waals surface area contributed by atoms with Gasteiger partial charge in [0.2, 0.25) is 0 Å². The number of rotatable bonds is 4. The predicted octanol–water partition coefficient (Wildman–Crippen LogP) is 12.1. The fourth-order valence-corrected chi connectivity index (χ4v) is 9.87.